The van der Waals surface area contributed by atoms with Crippen molar-refractivity contribution in [1.29, 1.82) is 0 Å². The fraction of sp³-hybridized carbons (Fsp3) is 0.600. The van der Waals surface area contributed by atoms with Gasteiger partial charge in [-0.3, -0.25) is 0 Å². The van der Waals surface area contributed by atoms with Crippen molar-refractivity contribution in [3.05, 3.63) is 18.0 Å². The molecule has 2 aromatic heterocycles. The molecule has 0 spiro atoms. The van der Waals surface area contributed by atoms with Crippen LogP contribution >= 0.6 is 0 Å². The zero-order chi connectivity index (χ0) is 23.2. The number of morpholine rings is 1. The number of nitrogens with zero attached hydrogens (tertiary/aromatic N) is 7. The van der Waals surface area contributed by atoms with Crippen molar-refractivity contribution in [2.45, 2.75) is 31.8 Å². The van der Waals surface area contributed by atoms with Gasteiger partial charge in [0.25, 0.3) is 10.2 Å². The van der Waals surface area contributed by atoms with Crippen LogP contribution in [0.3, 0.4) is 0 Å². The van der Waals surface area contributed by atoms with Crippen LogP contribution in [-0.4, -0.2) is 91.2 Å². The Bertz CT molecular complexity index is 1130. The number of nitrogens with two attached hydrogens (primary N) is 1. The first kappa shape index (κ1) is 22.2. The summed E-state index contributed by atoms with van der Waals surface area (Å²) >= 11 is 0. The zero-order valence-corrected chi connectivity index (χ0v) is 19.6. The van der Waals surface area contributed by atoms with Crippen LogP contribution in [-0.2, 0) is 21.4 Å². The first-order chi connectivity index (χ1) is 15.9. The molecular formula is C20H29N9O3S. The van der Waals surface area contributed by atoms with Gasteiger partial charge in [0.15, 0.2) is 0 Å². The van der Waals surface area contributed by atoms with E-state index in [4.69, 9.17) is 20.4 Å². The summed E-state index contributed by atoms with van der Waals surface area (Å²) in [6.07, 6.45) is 4.89. The number of hydrogen-bond donors (Lipinski definition) is 2. The average Bonchev–Trinajstić information content (AvgIpc) is 3.47. The molecule has 33 heavy (non-hydrogen) atoms. The van der Waals surface area contributed by atoms with Crippen LogP contribution < -0.4 is 20.3 Å². The molecule has 5 rings (SSSR count). The lowest BCUT2D eigenvalue weighted by atomic mass is 10.1. The van der Waals surface area contributed by atoms with Gasteiger partial charge in [0.05, 0.1) is 24.9 Å². The van der Waals surface area contributed by atoms with E-state index in [0.717, 1.165) is 42.0 Å². The number of hydrogen-bond acceptors (Lipinski definition) is 10. The van der Waals surface area contributed by atoms with Crippen LogP contribution in [0.1, 0.15) is 18.9 Å². The van der Waals surface area contributed by atoms with Gasteiger partial charge in [-0.25, -0.2) is 19.7 Å². The van der Waals surface area contributed by atoms with E-state index in [2.05, 4.69) is 31.4 Å². The highest BCUT2D eigenvalue weighted by Gasteiger charge is 2.38. The molecule has 2 saturated heterocycles. The summed E-state index contributed by atoms with van der Waals surface area (Å²) in [6, 6.07) is 0.194. The fourth-order valence-electron chi connectivity index (χ4n) is 4.79. The summed E-state index contributed by atoms with van der Waals surface area (Å²) in [5, 5.41) is 0. The third-order valence-corrected chi connectivity index (χ3v) is 8.11. The van der Waals surface area contributed by atoms with Crippen molar-refractivity contribution in [1.82, 2.24) is 29.0 Å². The van der Waals surface area contributed by atoms with Gasteiger partial charge in [0, 0.05) is 62.8 Å². The van der Waals surface area contributed by atoms with E-state index in [1.165, 1.54) is 11.4 Å². The molecule has 2 aromatic rings. The largest absolute Gasteiger partial charge is 0.377 e. The summed E-state index contributed by atoms with van der Waals surface area (Å²) in [5.41, 5.74) is 8.32. The van der Waals surface area contributed by atoms with Gasteiger partial charge in [0.2, 0.25) is 11.9 Å². The summed E-state index contributed by atoms with van der Waals surface area (Å²) < 4.78 is 34.1. The average molecular weight is 476 g/mol. The molecule has 2 fully saturated rings. The maximum Gasteiger partial charge on any atom is 0.279 e. The molecule has 12 nitrogen and oxygen atoms in total. The van der Waals surface area contributed by atoms with Crippen molar-refractivity contribution in [3.8, 4) is 11.3 Å². The topological polar surface area (TPSA) is 143 Å². The molecule has 178 valence electrons. The lowest BCUT2D eigenvalue weighted by Crippen LogP contribution is -2.45. The quantitative estimate of drug-likeness (QED) is 0.588. The number of rotatable bonds is 5. The monoisotopic (exact) mass is 475 g/mol. The Morgan fingerprint density at radius 3 is 2.67 bits per heavy atom. The second kappa shape index (κ2) is 8.63. The van der Waals surface area contributed by atoms with E-state index in [1.807, 2.05) is 0 Å². The molecule has 0 saturated carbocycles. The van der Waals surface area contributed by atoms with Crippen molar-refractivity contribution >= 4 is 27.9 Å². The molecule has 3 N–H and O–H groups in total. The fourth-order valence-corrected chi connectivity index (χ4v) is 5.76. The molecule has 0 aliphatic carbocycles. The van der Waals surface area contributed by atoms with Crippen molar-refractivity contribution in [2.75, 3.05) is 62.0 Å². The highest BCUT2D eigenvalue weighted by molar-refractivity contribution is 7.87. The van der Waals surface area contributed by atoms with Gasteiger partial charge >= 0.3 is 0 Å². The predicted molar refractivity (Wildman–Crippen MR) is 124 cm³/mol. The summed E-state index contributed by atoms with van der Waals surface area (Å²) in [6.45, 7) is 5.70. The molecule has 0 radical (unpaired) electrons. The number of nitrogen functional groups attached to an aromatic ring is 1. The molecule has 0 unspecified atom stereocenters. The number of aromatic nitrogens is 4. The number of ether oxygens (including phenoxy) is 1. The number of nitrogens with one attached hydrogen (secondary N) is 1. The van der Waals surface area contributed by atoms with Crippen molar-refractivity contribution < 1.29 is 13.2 Å². The first-order valence-electron chi connectivity index (χ1n) is 11.2. The standard InChI is InChI=1S/C20H29N9O3S/c1-13-12-32-8-7-28(13)20-25-17(14-9-23-19(21)24-10-14)16-4-6-29(18(16)26-20)15-3-5-27(11-15)33(30,31)22-2/h9-10,13,15,22H,3-8,11-12H2,1-2H3,(H2,21,23,24)/t13-,15+/m0/s1. The summed E-state index contributed by atoms with van der Waals surface area (Å²) in [5.74, 6) is 1.71. The number of fused-ring (bicyclic) bond motifs is 1. The SMILES string of the molecule is CNS(=O)(=O)N1CC[C@@H](N2CCc3c(-c4cnc(N)nc4)nc(N4CCOC[C@@H]4C)nc32)C1. The maximum atomic E-state index is 12.3. The molecule has 0 bridgehead atoms. The zero-order valence-electron chi connectivity index (χ0n) is 18.8. The highest BCUT2D eigenvalue weighted by Crippen LogP contribution is 2.38. The second-order valence-corrected chi connectivity index (χ2v) is 10.4. The molecule has 0 aromatic carbocycles. The van der Waals surface area contributed by atoms with Gasteiger partial charge in [0.1, 0.15) is 5.82 Å². The predicted octanol–water partition coefficient (Wildman–Crippen LogP) is -0.358. The van der Waals surface area contributed by atoms with Gasteiger partial charge in [-0.05, 0) is 19.8 Å². The Morgan fingerprint density at radius 1 is 1.15 bits per heavy atom. The first-order valence-corrected chi connectivity index (χ1v) is 12.6. The van der Waals surface area contributed by atoms with E-state index in [-0.39, 0.29) is 18.0 Å². The lowest BCUT2D eigenvalue weighted by Gasteiger charge is -2.34. The highest BCUT2D eigenvalue weighted by atomic mass is 32.2. The Morgan fingerprint density at radius 2 is 1.94 bits per heavy atom. The Kier molecular flexibility index (Phi) is 5.80. The Hall–Kier alpha value is -2.61. The normalized spacial score (nSPS) is 23.8. The van der Waals surface area contributed by atoms with Gasteiger partial charge in [-0.15, -0.1) is 0 Å². The van der Waals surface area contributed by atoms with E-state index < -0.39 is 10.2 Å². The Labute approximate surface area is 193 Å². The maximum absolute atomic E-state index is 12.3. The van der Waals surface area contributed by atoms with Crippen LogP contribution in [0.15, 0.2) is 12.4 Å². The second-order valence-electron chi connectivity index (χ2n) is 8.57. The van der Waals surface area contributed by atoms with E-state index >= 15 is 0 Å². The molecule has 3 aliphatic heterocycles. The minimum absolute atomic E-state index is 0.0507. The molecule has 2 atom stereocenters. The van der Waals surface area contributed by atoms with E-state index in [9.17, 15) is 8.42 Å². The van der Waals surface area contributed by atoms with Gasteiger partial charge in [-0.1, -0.05) is 0 Å². The molecule has 13 heteroatoms. The van der Waals surface area contributed by atoms with Crippen LogP contribution in [0.2, 0.25) is 0 Å². The molecule has 0 amide bonds. The van der Waals surface area contributed by atoms with E-state index in [0.29, 0.717) is 38.8 Å². The van der Waals surface area contributed by atoms with Crippen LogP contribution in [0.5, 0.6) is 0 Å². The minimum atomic E-state index is -3.45. The van der Waals surface area contributed by atoms with Crippen LogP contribution in [0.25, 0.3) is 11.3 Å². The minimum Gasteiger partial charge on any atom is -0.377 e. The molecular weight excluding hydrogens is 446 g/mol. The van der Waals surface area contributed by atoms with Crippen LogP contribution in [0.4, 0.5) is 17.7 Å². The summed E-state index contributed by atoms with van der Waals surface area (Å²) in [4.78, 5) is 22.7. The van der Waals surface area contributed by atoms with Gasteiger partial charge in [-0.2, -0.15) is 17.7 Å². The van der Waals surface area contributed by atoms with E-state index in [1.54, 1.807) is 12.4 Å². The van der Waals surface area contributed by atoms with Gasteiger partial charge < -0.3 is 20.3 Å². The Balaban J connectivity index is 1.54. The summed E-state index contributed by atoms with van der Waals surface area (Å²) in [7, 11) is -2.01. The smallest absolute Gasteiger partial charge is 0.279 e. The third-order valence-electron chi connectivity index (χ3n) is 6.58. The molecule has 5 heterocycles. The van der Waals surface area contributed by atoms with Crippen LogP contribution in [0, 0.1) is 0 Å². The lowest BCUT2D eigenvalue weighted by molar-refractivity contribution is 0.0981. The van der Waals surface area contributed by atoms with Crippen molar-refractivity contribution in [2.24, 2.45) is 0 Å². The van der Waals surface area contributed by atoms with Crippen molar-refractivity contribution in [3.63, 3.8) is 0 Å². The third kappa shape index (κ3) is 4.09. The molecule has 3 aliphatic rings. The number of anilines is 3.